The molecule has 0 saturated heterocycles. The summed E-state index contributed by atoms with van der Waals surface area (Å²) in [5.74, 6) is -0.0427. The highest BCUT2D eigenvalue weighted by molar-refractivity contribution is 5.79. The Labute approximate surface area is 126 Å². The monoisotopic (exact) mass is 295 g/mol. The van der Waals surface area contributed by atoms with Crippen molar-refractivity contribution in [2.75, 3.05) is 6.54 Å². The molecule has 0 atom stereocenters. The minimum absolute atomic E-state index is 0.0427. The second-order valence-corrected chi connectivity index (χ2v) is 5.19. The number of phenolic OH excluding ortho intramolecular Hbond substituents is 1. The number of aromatic hydroxyl groups is 1. The minimum atomic E-state index is -0.521. The zero-order chi connectivity index (χ0) is 16.5. The van der Waals surface area contributed by atoms with Gasteiger partial charge in [-0.1, -0.05) is 19.9 Å². The Kier molecular flexibility index (Phi) is 8.12. The first-order valence-electron chi connectivity index (χ1n) is 7.06. The van der Waals surface area contributed by atoms with E-state index < -0.39 is 11.7 Å². The van der Waals surface area contributed by atoms with Crippen LogP contribution in [0.2, 0.25) is 0 Å². The number of ether oxygens (including phenoxy) is 1. The maximum atomic E-state index is 11.4. The van der Waals surface area contributed by atoms with Crippen molar-refractivity contribution in [3.05, 3.63) is 29.3 Å². The lowest BCUT2D eigenvalue weighted by Gasteiger charge is -2.19. The molecule has 0 saturated carbocycles. The molecule has 0 bridgehead atoms. The van der Waals surface area contributed by atoms with E-state index in [9.17, 15) is 14.7 Å². The molecule has 2 N–H and O–H groups in total. The first kappa shape index (κ1) is 19.0. The first-order valence-corrected chi connectivity index (χ1v) is 7.06. The number of hydrogen-bond acceptors (Lipinski definition) is 4. The predicted octanol–water partition coefficient (Wildman–Crippen LogP) is 3.30. The zero-order valence-corrected chi connectivity index (χ0v) is 13.4. The summed E-state index contributed by atoms with van der Waals surface area (Å²) in [6.07, 6.45) is 0.683. The van der Waals surface area contributed by atoms with Crippen LogP contribution < -0.4 is 5.32 Å². The molecule has 0 aliphatic rings. The molecule has 0 heterocycles. The zero-order valence-electron chi connectivity index (χ0n) is 13.4. The van der Waals surface area contributed by atoms with E-state index in [2.05, 4.69) is 5.32 Å². The highest BCUT2D eigenvalue weighted by Crippen LogP contribution is 2.16. The fourth-order valence-corrected chi connectivity index (χ4v) is 1.48. The van der Waals surface area contributed by atoms with Gasteiger partial charge in [0.05, 0.1) is 5.56 Å². The summed E-state index contributed by atoms with van der Waals surface area (Å²) < 4.78 is 5.09. The number of rotatable bonds is 4. The Bertz CT molecular complexity index is 464. The number of carbonyl (C=O) groups excluding carboxylic acids is 2. The molecule has 0 aliphatic carbocycles. The largest absolute Gasteiger partial charge is 0.507 e. The smallest absolute Gasteiger partial charge is 0.407 e. The molecular weight excluding hydrogens is 270 g/mol. The number of aldehydes is 1. The molecule has 5 heteroatoms. The molecule has 0 aliphatic heterocycles. The highest BCUT2D eigenvalue weighted by Gasteiger charge is 2.15. The Balaban J connectivity index is 0.00000191. The molecule has 1 rings (SSSR count). The van der Waals surface area contributed by atoms with Crippen LogP contribution in [-0.2, 0) is 11.2 Å². The predicted molar refractivity (Wildman–Crippen MR) is 82.8 cm³/mol. The summed E-state index contributed by atoms with van der Waals surface area (Å²) in [5, 5.41) is 12.0. The van der Waals surface area contributed by atoms with E-state index >= 15 is 0 Å². The second kappa shape index (κ2) is 9.00. The molecule has 0 fully saturated rings. The standard InChI is InChI=1S/C14H19NO4.C2H6/c1-14(2,3)19-13(18)15-7-6-10-4-5-12(17)11(8-10)9-16;1-2/h4-5,8-9,17H,6-7H2,1-3H3,(H,15,18);1-2H3. The number of benzene rings is 1. The van der Waals surface area contributed by atoms with Crippen LogP contribution in [0.4, 0.5) is 4.79 Å². The summed E-state index contributed by atoms with van der Waals surface area (Å²) in [4.78, 5) is 22.1. The van der Waals surface area contributed by atoms with Crippen LogP contribution in [0.3, 0.4) is 0 Å². The molecule has 0 radical (unpaired) electrons. The molecule has 5 nitrogen and oxygen atoms in total. The number of alkyl carbamates (subject to hydrolysis) is 1. The maximum absolute atomic E-state index is 11.4. The van der Waals surface area contributed by atoms with Gasteiger partial charge in [0.25, 0.3) is 0 Å². The number of phenols is 1. The number of amides is 1. The van der Waals surface area contributed by atoms with E-state index in [0.717, 1.165) is 5.56 Å². The summed E-state index contributed by atoms with van der Waals surface area (Å²) in [5.41, 5.74) is 0.582. The average Bonchev–Trinajstić information content (AvgIpc) is 2.41. The average molecular weight is 295 g/mol. The molecular formula is C16H25NO4. The topological polar surface area (TPSA) is 75.6 Å². The Morgan fingerprint density at radius 1 is 1.33 bits per heavy atom. The van der Waals surface area contributed by atoms with Crippen LogP contribution >= 0.6 is 0 Å². The molecule has 21 heavy (non-hydrogen) atoms. The van der Waals surface area contributed by atoms with Crippen molar-refractivity contribution in [3.63, 3.8) is 0 Å². The SMILES string of the molecule is CC.CC(C)(C)OC(=O)NCCc1ccc(O)c(C=O)c1. The van der Waals surface area contributed by atoms with Crippen molar-refractivity contribution in [1.29, 1.82) is 0 Å². The molecule has 1 amide bonds. The van der Waals surface area contributed by atoms with Gasteiger partial charge < -0.3 is 15.2 Å². The van der Waals surface area contributed by atoms with E-state index in [1.807, 2.05) is 13.8 Å². The molecule has 0 unspecified atom stereocenters. The van der Waals surface area contributed by atoms with Gasteiger partial charge in [-0.25, -0.2) is 4.79 Å². The summed E-state index contributed by atoms with van der Waals surface area (Å²) >= 11 is 0. The Hall–Kier alpha value is -2.04. The van der Waals surface area contributed by atoms with Gasteiger partial charge in [-0.15, -0.1) is 0 Å². The quantitative estimate of drug-likeness (QED) is 0.836. The van der Waals surface area contributed by atoms with Crippen molar-refractivity contribution in [2.24, 2.45) is 0 Å². The summed E-state index contributed by atoms with van der Waals surface area (Å²) in [7, 11) is 0. The van der Waals surface area contributed by atoms with Gasteiger partial charge in [0.15, 0.2) is 6.29 Å². The number of carbonyl (C=O) groups is 2. The fraction of sp³-hybridized carbons (Fsp3) is 0.500. The molecule has 0 aromatic heterocycles. The third-order valence-corrected chi connectivity index (χ3v) is 2.30. The normalized spacial score (nSPS) is 10.1. The highest BCUT2D eigenvalue weighted by atomic mass is 16.6. The van der Waals surface area contributed by atoms with E-state index in [1.165, 1.54) is 6.07 Å². The second-order valence-electron chi connectivity index (χ2n) is 5.19. The van der Waals surface area contributed by atoms with Crippen LogP contribution in [0.25, 0.3) is 0 Å². The van der Waals surface area contributed by atoms with E-state index in [0.29, 0.717) is 19.3 Å². The third kappa shape index (κ3) is 7.97. The van der Waals surface area contributed by atoms with Gasteiger partial charge in [0, 0.05) is 6.54 Å². The Morgan fingerprint density at radius 3 is 2.48 bits per heavy atom. The van der Waals surface area contributed by atoms with Crippen molar-refractivity contribution in [2.45, 2.75) is 46.6 Å². The van der Waals surface area contributed by atoms with Gasteiger partial charge in [0.2, 0.25) is 0 Å². The van der Waals surface area contributed by atoms with Gasteiger partial charge >= 0.3 is 6.09 Å². The molecule has 0 spiro atoms. The van der Waals surface area contributed by atoms with Gasteiger partial charge in [-0.3, -0.25) is 4.79 Å². The van der Waals surface area contributed by atoms with Gasteiger partial charge in [0.1, 0.15) is 11.4 Å². The summed E-state index contributed by atoms with van der Waals surface area (Å²) in [6.45, 7) is 9.78. The lowest BCUT2D eigenvalue weighted by molar-refractivity contribution is 0.0528. The molecule has 1 aromatic carbocycles. The Morgan fingerprint density at radius 2 is 1.95 bits per heavy atom. The number of hydrogen-bond donors (Lipinski definition) is 2. The van der Waals surface area contributed by atoms with Crippen LogP contribution in [0.1, 0.15) is 50.5 Å². The van der Waals surface area contributed by atoms with Crippen molar-refractivity contribution < 1.29 is 19.4 Å². The summed E-state index contributed by atoms with van der Waals surface area (Å²) in [6, 6.07) is 4.77. The van der Waals surface area contributed by atoms with E-state index in [-0.39, 0.29) is 11.3 Å². The van der Waals surface area contributed by atoms with Gasteiger partial charge in [-0.2, -0.15) is 0 Å². The van der Waals surface area contributed by atoms with Crippen LogP contribution in [-0.4, -0.2) is 29.6 Å². The molecule has 118 valence electrons. The van der Waals surface area contributed by atoms with Gasteiger partial charge in [-0.05, 0) is 44.9 Å². The lowest BCUT2D eigenvalue weighted by atomic mass is 10.1. The molecule has 1 aromatic rings. The first-order chi connectivity index (χ1) is 9.81. The third-order valence-electron chi connectivity index (χ3n) is 2.30. The van der Waals surface area contributed by atoms with Crippen molar-refractivity contribution in [1.82, 2.24) is 5.32 Å². The minimum Gasteiger partial charge on any atom is -0.507 e. The van der Waals surface area contributed by atoms with E-state index in [4.69, 9.17) is 4.74 Å². The lowest BCUT2D eigenvalue weighted by Crippen LogP contribution is -2.33. The maximum Gasteiger partial charge on any atom is 0.407 e. The van der Waals surface area contributed by atoms with E-state index in [1.54, 1.807) is 32.9 Å². The van der Waals surface area contributed by atoms with Crippen LogP contribution in [0, 0.1) is 0 Å². The van der Waals surface area contributed by atoms with Crippen molar-refractivity contribution in [3.8, 4) is 5.75 Å². The fourth-order valence-electron chi connectivity index (χ4n) is 1.48. The van der Waals surface area contributed by atoms with Crippen LogP contribution in [0.5, 0.6) is 5.75 Å². The van der Waals surface area contributed by atoms with Crippen LogP contribution in [0.15, 0.2) is 18.2 Å². The van der Waals surface area contributed by atoms with Crippen molar-refractivity contribution >= 4 is 12.4 Å². The number of nitrogens with one attached hydrogen (secondary N) is 1.